The Kier molecular flexibility index (Phi) is 7.43. The van der Waals surface area contributed by atoms with Gasteiger partial charge in [0.1, 0.15) is 0 Å². The Labute approximate surface area is 158 Å². The maximum absolute atomic E-state index is 11.8. The molecule has 2 rings (SSSR count). The maximum Gasteiger partial charge on any atom is 0.306 e. The number of hydrogen-bond donors (Lipinski definition) is 1. The van der Waals surface area contributed by atoms with E-state index in [9.17, 15) is 14.4 Å². The van der Waals surface area contributed by atoms with Crippen molar-refractivity contribution in [2.45, 2.75) is 19.4 Å². The standard InChI is InChI=1S/C17H15Cl2NO4S/c18-12-4-2-1-3-11(12)9-20-16(22)10-24-17(23)8-5-13(21)14-6-7-15(19)25-14/h1-4,6-7H,5,8-10H2,(H,20,22). The second-order valence-electron chi connectivity index (χ2n) is 5.06. The molecule has 2 aromatic rings. The molecule has 1 aromatic heterocycles. The molecule has 1 amide bonds. The van der Waals surface area contributed by atoms with Crippen LogP contribution in [0.3, 0.4) is 0 Å². The Morgan fingerprint density at radius 2 is 1.80 bits per heavy atom. The minimum atomic E-state index is -0.608. The number of amides is 1. The minimum Gasteiger partial charge on any atom is -0.456 e. The average molecular weight is 400 g/mol. The van der Waals surface area contributed by atoms with Gasteiger partial charge in [-0.2, -0.15) is 0 Å². The van der Waals surface area contributed by atoms with Crippen molar-refractivity contribution in [1.82, 2.24) is 5.32 Å². The van der Waals surface area contributed by atoms with Crippen LogP contribution in [-0.2, 0) is 20.9 Å². The van der Waals surface area contributed by atoms with Gasteiger partial charge in [-0.3, -0.25) is 14.4 Å². The molecule has 132 valence electrons. The van der Waals surface area contributed by atoms with Gasteiger partial charge in [-0.05, 0) is 23.8 Å². The lowest BCUT2D eigenvalue weighted by Crippen LogP contribution is -2.28. The fourth-order valence-corrected chi connectivity index (χ4v) is 3.12. The van der Waals surface area contributed by atoms with Gasteiger partial charge in [0, 0.05) is 18.0 Å². The molecule has 0 aliphatic rings. The Bertz CT molecular complexity index is 776. The van der Waals surface area contributed by atoms with Crippen LogP contribution in [0.25, 0.3) is 0 Å². The molecule has 1 aromatic carbocycles. The summed E-state index contributed by atoms with van der Waals surface area (Å²) in [6, 6.07) is 10.4. The summed E-state index contributed by atoms with van der Waals surface area (Å²) < 4.78 is 5.37. The zero-order valence-corrected chi connectivity index (χ0v) is 15.4. The number of thiophene rings is 1. The molecule has 1 heterocycles. The van der Waals surface area contributed by atoms with Crippen molar-refractivity contribution in [3.05, 3.63) is 56.2 Å². The van der Waals surface area contributed by atoms with E-state index in [0.29, 0.717) is 14.2 Å². The monoisotopic (exact) mass is 399 g/mol. The van der Waals surface area contributed by atoms with Crippen molar-refractivity contribution in [3.8, 4) is 0 Å². The molecule has 0 saturated carbocycles. The van der Waals surface area contributed by atoms with Gasteiger partial charge in [0.05, 0.1) is 15.6 Å². The molecular formula is C17H15Cl2NO4S. The molecular weight excluding hydrogens is 385 g/mol. The zero-order chi connectivity index (χ0) is 18.2. The number of Topliss-reactive ketones (excluding diaryl/α,β-unsaturated/α-hetero) is 1. The lowest BCUT2D eigenvalue weighted by molar-refractivity contribution is -0.148. The van der Waals surface area contributed by atoms with Crippen LogP contribution < -0.4 is 5.32 Å². The molecule has 0 spiro atoms. The van der Waals surface area contributed by atoms with E-state index in [4.69, 9.17) is 27.9 Å². The molecule has 0 unspecified atom stereocenters. The number of esters is 1. The molecule has 5 nitrogen and oxygen atoms in total. The molecule has 0 radical (unpaired) electrons. The van der Waals surface area contributed by atoms with E-state index in [-0.39, 0.29) is 25.2 Å². The Hall–Kier alpha value is -1.89. The van der Waals surface area contributed by atoms with Gasteiger partial charge in [-0.25, -0.2) is 0 Å². The highest BCUT2D eigenvalue weighted by atomic mass is 35.5. The van der Waals surface area contributed by atoms with Crippen molar-refractivity contribution < 1.29 is 19.1 Å². The third kappa shape index (κ3) is 6.49. The van der Waals surface area contributed by atoms with E-state index in [1.165, 1.54) is 0 Å². The summed E-state index contributed by atoms with van der Waals surface area (Å²) in [5.74, 6) is -1.23. The second kappa shape index (κ2) is 9.56. The Balaban J connectivity index is 1.66. The van der Waals surface area contributed by atoms with Crippen molar-refractivity contribution in [1.29, 1.82) is 0 Å². The van der Waals surface area contributed by atoms with Crippen LogP contribution in [0.4, 0.5) is 0 Å². The molecule has 8 heteroatoms. The highest BCUT2D eigenvalue weighted by molar-refractivity contribution is 7.18. The topological polar surface area (TPSA) is 72.5 Å². The normalized spacial score (nSPS) is 10.3. The first-order valence-corrected chi connectivity index (χ1v) is 8.97. The summed E-state index contributed by atoms with van der Waals surface area (Å²) in [5.41, 5.74) is 0.768. The van der Waals surface area contributed by atoms with E-state index < -0.39 is 18.5 Å². The molecule has 0 aliphatic heterocycles. The van der Waals surface area contributed by atoms with Crippen molar-refractivity contribution in [3.63, 3.8) is 0 Å². The van der Waals surface area contributed by atoms with E-state index in [2.05, 4.69) is 5.32 Å². The summed E-state index contributed by atoms with van der Waals surface area (Å²) in [5, 5.41) is 3.16. The Morgan fingerprint density at radius 3 is 2.48 bits per heavy atom. The van der Waals surface area contributed by atoms with Crippen LogP contribution in [0.15, 0.2) is 36.4 Å². The van der Waals surface area contributed by atoms with Crippen LogP contribution in [0, 0.1) is 0 Å². The van der Waals surface area contributed by atoms with Crippen molar-refractivity contribution in [2.24, 2.45) is 0 Å². The third-order valence-electron chi connectivity index (χ3n) is 3.20. The minimum absolute atomic E-state index is 0.0108. The van der Waals surface area contributed by atoms with Crippen LogP contribution in [0.1, 0.15) is 28.1 Å². The SMILES string of the molecule is O=C(COC(=O)CCC(=O)c1ccc(Cl)s1)NCc1ccccc1Cl. The summed E-state index contributed by atoms with van der Waals surface area (Å²) in [7, 11) is 0. The number of ether oxygens (including phenoxy) is 1. The highest BCUT2D eigenvalue weighted by Crippen LogP contribution is 2.23. The smallest absolute Gasteiger partial charge is 0.306 e. The number of rotatable bonds is 8. The van der Waals surface area contributed by atoms with Crippen molar-refractivity contribution in [2.75, 3.05) is 6.61 Å². The van der Waals surface area contributed by atoms with Gasteiger partial charge in [0.2, 0.25) is 0 Å². The molecule has 1 N–H and O–H groups in total. The molecule has 0 atom stereocenters. The quantitative estimate of drug-likeness (QED) is 0.539. The largest absolute Gasteiger partial charge is 0.456 e. The van der Waals surface area contributed by atoms with E-state index in [1.54, 1.807) is 30.3 Å². The number of carbonyl (C=O) groups excluding carboxylic acids is 3. The fourth-order valence-electron chi connectivity index (χ4n) is 1.91. The molecule has 0 aliphatic carbocycles. The Morgan fingerprint density at radius 1 is 1.04 bits per heavy atom. The van der Waals surface area contributed by atoms with E-state index in [0.717, 1.165) is 16.9 Å². The summed E-state index contributed by atoms with van der Waals surface area (Å²) in [4.78, 5) is 35.6. The van der Waals surface area contributed by atoms with Gasteiger partial charge >= 0.3 is 5.97 Å². The van der Waals surface area contributed by atoms with Gasteiger partial charge < -0.3 is 10.1 Å². The van der Waals surface area contributed by atoms with E-state index in [1.807, 2.05) is 6.07 Å². The van der Waals surface area contributed by atoms with Crippen LogP contribution in [0.2, 0.25) is 9.36 Å². The zero-order valence-electron chi connectivity index (χ0n) is 13.1. The maximum atomic E-state index is 11.8. The number of halogens is 2. The van der Waals surface area contributed by atoms with E-state index >= 15 is 0 Å². The number of hydrogen-bond acceptors (Lipinski definition) is 5. The first kappa shape index (κ1) is 19.4. The summed E-state index contributed by atoms with van der Waals surface area (Å²) in [6.07, 6.45) is -0.0803. The number of ketones is 1. The van der Waals surface area contributed by atoms with Gasteiger partial charge in [0.25, 0.3) is 5.91 Å². The van der Waals surface area contributed by atoms with Gasteiger partial charge in [-0.1, -0.05) is 41.4 Å². The fraction of sp³-hybridized carbons (Fsp3) is 0.235. The lowest BCUT2D eigenvalue weighted by Gasteiger charge is -2.07. The van der Waals surface area contributed by atoms with Crippen LogP contribution in [-0.4, -0.2) is 24.3 Å². The van der Waals surface area contributed by atoms with Gasteiger partial charge in [-0.15, -0.1) is 11.3 Å². The molecule has 0 fully saturated rings. The average Bonchev–Trinajstić information content (AvgIpc) is 3.03. The van der Waals surface area contributed by atoms with Gasteiger partial charge in [0.15, 0.2) is 12.4 Å². The third-order valence-corrected chi connectivity index (χ3v) is 4.84. The lowest BCUT2D eigenvalue weighted by atomic mass is 10.2. The summed E-state index contributed by atoms with van der Waals surface area (Å²) in [6.45, 7) is -0.157. The number of nitrogens with one attached hydrogen (secondary N) is 1. The first-order valence-electron chi connectivity index (χ1n) is 7.40. The summed E-state index contributed by atoms with van der Waals surface area (Å²) >= 11 is 12.9. The molecule has 0 saturated heterocycles. The predicted octanol–water partition coefficient (Wildman–Crippen LogP) is 3.88. The van der Waals surface area contributed by atoms with Crippen LogP contribution in [0.5, 0.6) is 0 Å². The van der Waals surface area contributed by atoms with Crippen molar-refractivity contribution >= 4 is 52.2 Å². The molecule has 0 bridgehead atoms. The highest BCUT2D eigenvalue weighted by Gasteiger charge is 2.13. The van der Waals surface area contributed by atoms with Crippen LogP contribution >= 0.6 is 34.5 Å². The number of carbonyl (C=O) groups is 3. The molecule has 25 heavy (non-hydrogen) atoms. The first-order chi connectivity index (χ1) is 12.0. The second-order valence-corrected chi connectivity index (χ2v) is 7.18. The predicted molar refractivity (Wildman–Crippen MR) is 97.2 cm³/mol. The number of benzene rings is 1.